The van der Waals surface area contributed by atoms with Crippen LogP contribution in [0.3, 0.4) is 0 Å². The zero-order valence-corrected chi connectivity index (χ0v) is 18.8. The average Bonchev–Trinajstić information content (AvgIpc) is 3.43. The molecule has 6 heteroatoms. The van der Waals surface area contributed by atoms with Gasteiger partial charge in [0.25, 0.3) is 5.91 Å². The minimum Gasteiger partial charge on any atom is -0.497 e. The van der Waals surface area contributed by atoms with Gasteiger partial charge >= 0.3 is 0 Å². The molecule has 0 unspecified atom stereocenters. The summed E-state index contributed by atoms with van der Waals surface area (Å²) in [6.07, 6.45) is 2.16. The second-order valence-corrected chi connectivity index (χ2v) is 8.54. The normalized spacial score (nSPS) is 20.2. The van der Waals surface area contributed by atoms with Crippen molar-refractivity contribution >= 4 is 17.3 Å². The van der Waals surface area contributed by atoms with Gasteiger partial charge in [-0.2, -0.15) is 0 Å². The maximum absolute atomic E-state index is 13.7. The van der Waals surface area contributed by atoms with Gasteiger partial charge in [-0.3, -0.25) is 9.69 Å². The fourth-order valence-corrected chi connectivity index (χ4v) is 4.86. The molecule has 6 nitrogen and oxygen atoms in total. The lowest BCUT2D eigenvalue weighted by molar-refractivity contribution is 0.0958. The number of anilines is 2. The molecule has 1 fully saturated rings. The molecule has 3 heterocycles. The predicted octanol–water partition coefficient (Wildman–Crippen LogP) is 5.06. The molecule has 0 spiro atoms. The molecule has 0 bridgehead atoms. The van der Waals surface area contributed by atoms with Crippen molar-refractivity contribution in [3.05, 3.63) is 77.1 Å². The molecule has 166 valence electrons. The van der Waals surface area contributed by atoms with Crippen molar-refractivity contribution in [2.75, 3.05) is 23.9 Å². The number of rotatable bonds is 5. The van der Waals surface area contributed by atoms with Crippen molar-refractivity contribution < 1.29 is 14.3 Å². The van der Waals surface area contributed by atoms with Crippen LogP contribution in [0.25, 0.3) is 0 Å². The third-order valence-electron chi connectivity index (χ3n) is 6.59. The van der Waals surface area contributed by atoms with Crippen molar-refractivity contribution in [3.63, 3.8) is 0 Å². The number of nitrogens with one attached hydrogen (secondary N) is 1. The molecule has 2 aromatic carbocycles. The minimum absolute atomic E-state index is 0.0153. The zero-order chi connectivity index (χ0) is 22.2. The lowest BCUT2D eigenvalue weighted by Crippen LogP contribution is -2.43. The Morgan fingerprint density at radius 2 is 1.91 bits per heavy atom. The number of aromatic nitrogens is 1. The summed E-state index contributed by atoms with van der Waals surface area (Å²) in [4.78, 5) is 15.5. The Morgan fingerprint density at radius 1 is 1.12 bits per heavy atom. The molecule has 1 aromatic heterocycles. The quantitative estimate of drug-likeness (QED) is 0.613. The maximum Gasteiger partial charge on any atom is 0.262 e. The largest absolute Gasteiger partial charge is 0.497 e. The molecule has 5 rings (SSSR count). The van der Waals surface area contributed by atoms with E-state index in [0.29, 0.717) is 5.56 Å². The van der Waals surface area contributed by atoms with Gasteiger partial charge in [-0.15, -0.1) is 0 Å². The van der Waals surface area contributed by atoms with E-state index in [-0.39, 0.29) is 18.2 Å². The number of carbonyl (C=O) groups is 1. The van der Waals surface area contributed by atoms with Crippen LogP contribution in [0, 0.1) is 13.8 Å². The molecule has 0 aliphatic carbocycles. The van der Waals surface area contributed by atoms with Crippen LogP contribution < -0.4 is 15.0 Å². The number of fused-ring (bicyclic) bond motifs is 1. The van der Waals surface area contributed by atoms with Crippen molar-refractivity contribution in [1.82, 2.24) is 4.57 Å². The van der Waals surface area contributed by atoms with Gasteiger partial charge in [-0.05, 0) is 69.2 Å². The molecule has 1 saturated heterocycles. The van der Waals surface area contributed by atoms with Gasteiger partial charge in [-0.25, -0.2) is 0 Å². The molecule has 2 aliphatic rings. The van der Waals surface area contributed by atoms with Gasteiger partial charge in [0.2, 0.25) is 0 Å². The topological polar surface area (TPSA) is 55.7 Å². The molecule has 32 heavy (non-hydrogen) atoms. The highest BCUT2D eigenvalue weighted by atomic mass is 16.5. The summed E-state index contributed by atoms with van der Waals surface area (Å²) in [5, 5.41) is 3.63. The molecule has 1 N–H and O–H groups in total. The van der Waals surface area contributed by atoms with E-state index in [9.17, 15) is 4.79 Å². The van der Waals surface area contributed by atoms with E-state index in [1.807, 2.05) is 53.4 Å². The van der Waals surface area contributed by atoms with Crippen LogP contribution in [0.1, 0.15) is 46.3 Å². The highest BCUT2D eigenvalue weighted by Gasteiger charge is 2.36. The molecule has 3 aromatic rings. The van der Waals surface area contributed by atoms with Crippen LogP contribution in [0.2, 0.25) is 0 Å². The average molecular weight is 432 g/mol. The van der Waals surface area contributed by atoms with E-state index in [1.165, 1.54) is 5.69 Å². The molecule has 2 atom stereocenters. The highest BCUT2D eigenvalue weighted by molar-refractivity contribution is 6.12. The number of nitrogens with zero attached hydrogens (tertiary/aromatic N) is 2. The first kappa shape index (κ1) is 20.6. The standard InChI is InChI=1S/C26H29N3O3/c1-17-15-23(18(2)28(17)16-21-7-6-14-32-21)25-27-24-9-5-4-8-22(24)26(30)29(25)19-10-12-20(31-3)13-11-19/h4-5,8-13,15,21,25,27H,6-7,14,16H2,1-3H3/t21-,25-/m1/s1. The van der Waals surface area contributed by atoms with Crippen LogP contribution in [-0.2, 0) is 11.3 Å². The summed E-state index contributed by atoms with van der Waals surface area (Å²) < 4.78 is 13.5. The van der Waals surface area contributed by atoms with E-state index in [1.54, 1.807) is 7.11 Å². The fraction of sp³-hybridized carbons (Fsp3) is 0.346. The van der Waals surface area contributed by atoms with Crippen LogP contribution in [-0.4, -0.2) is 30.3 Å². The van der Waals surface area contributed by atoms with Gasteiger partial charge in [-0.1, -0.05) is 12.1 Å². The Balaban J connectivity index is 1.57. The van der Waals surface area contributed by atoms with Gasteiger partial charge in [0.05, 0.1) is 18.8 Å². The van der Waals surface area contributed by atoms with E-state index >= 15 is 0 Å². The number of hydrogen-bond acceptors (Lipinski definition) is 4. The van der Waals surface area contributed by atoms with Gasteiger partial charge in [0, 0.05) is 41.5 Å². The molecule has 1 amide bonds. The second kappa shape index (κ2) is 8.36. The first-order chi connectivity index (χ1) is 15.6. The van der Waals surface area contributed by atoms with Gasteiger partial charge < -0.3 is 19.4 Å². The van der Waals surface area contributed by atoms with Gasteiger partial charge in [0.1, 0.15) is 11.9 Å². The molecule has 2 aliphatic heterocycles. The Morgan fingerprint density at radius 3 is 2.62 bits per heavy atom. The van der Waals surface area contributed by atoms with E-state index in [2.05, 4.69) is 29.8 Å². The number of hydrogen-bond donors (Lipinski definition) is 1. The third kappa shape index (κ3) is 3.54. The van der Waals surface area contributed by atoms with Crippen molar-refractivity contribution in [2.24, 2.45) is 0 Å². The Bertz CT molecular complexity index is 1130. The monoisotopic (exact) mass is 431 g/mol. The summed E-state index contributed by atoms with van der Waals surface area (Å²) in [7, 11) is 1.64. The van der Waals surface area contributed by atoms with E-state index in [4.69, 9.17) is 9.47 Å². The van der Waals surface area contributed by atoms with E-state index < -0.39 is 0 Å². The number of para-hydroxylation sites is 1. The minimum atomic E-state index is -0.310. The second-order valence-electron chi connectivity index (χ2n) is 8.54. The first-order valence-electron chi connectivity index (χ1n) is 11.2. The number of benzene rings is 2. The Labute approximate surface area is 188 Å². The Hall–Kier alpha value is -3.25. The number of carbonyl (C=O) groups excluding carboxylic acids is 1. The van der Waals surface area contributed by atoms with Crippen molar-refractivity contribution in [3.8, 4) is 5.75 Å². The fourth-order valence-electron chi connectivity index (χ4n) is 4.86. The summed E-state index contributed by atoms with van der Waals surface area (Å²) in [6, 6.07) is 17.5. The number of aryl methyl sites for hydroxylation is 1. The zero-order valence-electron chi connectivity index (χ0n) is 18.8. The molecular weight excluding hydrogens is 402 g/mol. The van der Waals surface area contributed by atoms with Crippen LogP contribution >= 0.6 is 0 Å². The lowest BCUT2D eigenvalue weighted by atomic mass is 10.0. The van der Waals surface area contributed by atoms with Crippen LogP contribution in [0.15, 0.2) is 54.6 Å². The summed E-state index contributed by atoms with van der Waals surface area (Å²) in [5.41, 5.74) is 5.78. The van der Waals surface area contributed by atoms with Crippen molar-refractivity contribution in [2.45, 2.75) is 45.5 Å². The maximum atomic E-state index is 13.7. The Kier molecular flexibility index (Phi) is 5.39. The number of ether oxygens (including phenoxy) is 2. The van der Waals surface area contributed by atoms with Crippen LogP contribution in [0.5, 0.6) is 5.75 Å². The van der Waals surface area contributed by atoms with E-state index in [0.717, 1.165) is 54.4 Å². The number of amides is 1. The molecular formula is C26H29N3O3. The van der Waals surface area contributed by atoms with Crippen LogP contribution in [0.4, 0.5) is 11.4 Å². The number of methoxy groups -OCH3 is 1. The summed E-state index contributed by atoms with van der Waals surface area (Å²) >= 11 is 0. The lowest BCUT2D eigenvalue weighted by Gasteiger charge is -2.38. The van der Waals surface area contributed by atoms with Crippen molar-refractivity contribution in [1.29, 1.82) is 0 Å². The molecule has 0 saturated carbocycles. The van der Waals surface area contributed by atoms with Gasteiger partial charge in [0.15, 0.2) is 0 Å². The SMILES string of the molecule is COc1ccc(N2C(=O)c3ccccc3N[C@H]2c2cc(C)n(C[C@H]3CCCO3)c2C)cc1. The highest BCUT2D eigenvalue weighted by Crippen LogP contribution is 2.39. The summed E-state index contributed by atoms with van der Waals surface area (Å²) in [5.74, 6) is 0.747. The molecule has 0 radical (unpaired) electrons. The third-order valence-corrected chi connectivity index (χ3v) is 6.59. The summed E-state index contributed by atoms with van der Waals surface area (Å²) in [6.45, 7) is 5.95. The predicted molar refractivity (Wildman–Crippen MR) is 125 cm³/mol. The smallest absolute Gasteiger partial charge is 0.262 e. The first-order valence-corrected chi connectivity index (χ1v) is 11.2.